The summed E-state index contributed by atoms with van der Waals surface area (Å²) in [5.74, 6) is 0. The van der Waals surface area contributed by atoms with Gasteiger partial charge in [0.2, 0.25) is 0 Å². The summed E-state index contributed by atoms with van der Waals surface area (Å²) in [6, 6.07) is 0. The van der Waals surface area contributed by atoms with E-state index in [0.29, 0.717) is 10.8 Å². The Kier molecular flexibility index (Phi) is 5.78. The van der Waals surface area contributed by atoms with E-state index < -0.39 is 0 Å². The van der Waals surface area contributed by atoms with Gasteiger partial charge in [0.25, 0.3) is 0 Å². The van der Waals surface area contributed by atoms with Gasteiger partial charge in [0.1, 0.15) is 0 Å². The van der Waals surface area contributed by atoms with Gasteiger partial charge in [-0.25, -0.2) is 0 Å². The molecule has 0 fully saturated rings. The van der Waals surface area contributed by atoms with Gasteiger partial charge in [0, 0.05) is 0 Å². The predicted octanol–water partition coefficient (Wildman–Crippen LogP) is 5.42. The van der Waals surface area contributed by atoms with Crippen LogP contribution in [0.1, 0.15) is 80.1 Å². The van der Waals surface area contributed by atoms with Crippen LogP contribution in [0.4, 0.5) is 0 Å². The predicted molar refractivity (Wildman–Crippen MR) is 66.6 cm³/mol. The van der Waals surface area contributed by atoms with E-state index in [-0.39, 0.29) is 0 Å². The fourth-order valence-electron chi connectivity index (χ4n) is 1.81. The molecule has 0 N–H and O–H groups in total. The molecule has 0 nitrogen and oxygen atoms in total. The molecule has 86 valence electrons. The average molecular weight is 198 g/mol. The fourth-order valence-corrected chi connectivity index (χ4v) is 1.81. The van der Waals surface area contributed by atoms with Crippen molar-refractivity contribution in [2.75, 3.05) is 0 Å². The summed E-state index contributed by atoms with van der Waals surface area (Å²) in [7, 11) is 0. The van der Waals surface area contributed by atoms with Crippen molar-refractivity contribution in [2.45, 2.75) is 80.1 Å². The van der Waals surface area contributed by atoms with Crippen molar-refractivity contribution in [1.29, 1.82) is 0 Å². The van der Waals surface area contributed by atoms with E-state index in [1.54, 1.807) is 0 Å². The van der Waals surface area contributed by atoms with E-state index in [2.05, 4.69) is 41.5 Å². The zero-order valence-electron chi connectivity index (χ0n) is 11.2. The van der Waals surface area contributed by atoms with Crippen LogP contribution in [0.5, 0.6) is 0 Å². The van der Waals surface area contributed by atoms with Gasteiger partial charge >= 0.3 is 0 Å². The third-order valence-corrected chi connectivity index (χ3v) is 3.66. The van der Waals surface area contributed by atoms with Crippen LogP contribution in [0.25, 0.3) is 0 Å². The summed E-state index contributed by atoms with van der Waals surface area (Å²) in [6.45, 7) is 14.1. The molecule has 0 aliphatic carbocycles. The van der Waals surface area contributed by atoms with Crippen LogP contribution in [0.2, 0.25) is 0 Å². The maximum atomic E-state index is 2.43. The maximum absolute atomic E-state index is 2.43. The second kappa shape index (κ2) is 5.78. The molecule has 0 radical (unpaired) electrons. The highest BCUT2D eigenvalue weighted by molar-refractivity contribution is 4.71. The van der Waals surface area contributed by atoms with Crippen LogP contribution in [0.15, 0.2) is 0 Å². The van der Waals surface area contributed by atoms with Crippen molar-refractivity contribution >= 4 is 0 Å². The lowest BCUT2D eigenvalue weighted by Crippen LogP contribution is -2.14. The Hall–Kier alpha value is 0. The summed E-state index contributed by atoms with van der Waals surface area (Å²) in [5.41, 5.74) is 1.13. The molecular weight excluding hydrogens is 168 g/mol. The van der Waals surface area contributed by atoms with Crippen LogP contribution in [0, 0.1) is 10.8 Å². The van der Waals surface area contributed by atoms with Crippen LogP contribution in [0.3, 0.4) is 0 Å². The fraction of sp³-hybridized carbons (Fsp3) is 1.00. The molecule has 0 aliphatic heterocycles. The molecule has 0 aliphatic rings. The van der Waals surface area contributed by atoms with Crippen LogP contribution in [-0.4, -0.2) is 0 Å². The van der Waals surface area contributed by atoms with Gasteiger partial charge in [-0.1, -0.05) is 67.2 Å². The second-order valence-electron chi connectivity index (χ2n) is 6.29. The Labute approximate surface area is 91.5 Å². The molecule has 0 aromatic rings. The minimum Gasteiger partial charge on any atom is -0.0649 e. The van der Waals surface area contributed by atoms with Crippen molar-refractivity contribution in [3.63, 3.8) is 0 Å². The summed E-state index contributed by atoms with van der Waals surface area (Å²) < 4.78 is 0. The molecule has 0 rings (SSSR count). The Morgan fingerprint density at radius 1 is 0.714 bits per heavy atom. The normalized spacial score (nSPS) is 13.3. The molecule has 0 bridgehead atoms. The first-order chi connectivity index (χ1) is 6.33. The summed E-state index contributed by atoms with van der Waals surface area (Å²) >= 11 is 0. The molecule has 0 aromatic heterocycles. The molecular formula is C14H30. The summed E-state index contributed by atoms with van der Waals surface area (Å²) in [5, 5.41) is 0. The minimum atomic E-state index is 0.523. The zero-order chi connectivity index (χ0) is 11.2. The number of unbranched alkanes of at least 4 members (excludes halogenated alkanes) is 1. The van der Waals surface area contributed by atoms with Gasteiger partial charge < -0.3 is 0 Å². The van der Waals surface area contributed by atoms with Gasteiger partial charge in [-0.2, -0.15) is 0 Å². The van der Waals surface area contributed by atoms with Crippen molar-refractivity contribution in [1.82, 2.24) is 0 Å². The van der Waals surface area contributed by atoms with Gasteiger partial charge in [-0.3, -0.25) is 0 Å². The molecule has 0 heterocycles. The van der Waals surface area contributed by atoms with Crippen molar-refractivity contribution in [3.05, 3.63) is 0 Å². The highest BCUT2D eigenvalue weighted by Crippen LogP contribution is 2.33. The van der Waals surface area contributed by atoms with Gasteiger partial charge in [-0.15, -0.1) is 0 Å². The highest BCUT2D eigenvalue weighted by atomic mass is 14.2. The average Bonchev–Trinajstić information content (AvgIpc) is 2.11. The maximum Gasteiger partial charge on any atom is -0.0331 e. The largest absolute Gasteiger partial charge is 0.0649 e. The molecule has 0 aromatic carbocycles. The van der Waals surface area contributed by atoms with Crippen molar-refractivity contribution in [2.24, 2.45) is 10.8 Å². The van der Waals surface area contributed by atoms with Crippen molar-refractivity contribution < 1.29 is 0 Å². The monoisotopic (exact) mass is 198 g/mol. The Morgan fingerprint density at radius 2 is 1.14 bits per heavy atom. The molecule has 0 spiro atoms. The van der Waals surface area contributed by atoms with E-state index in [1.165, 1.54) is 38.5 Å². The quantitative estimate of drug-likeness (QED) is 0.500. The van der Waals surface area contributed by atoms with Crippen LogP contribution < -0.4 is 0 Å². The van der Waals surface area contributed by atoms with Crippen LogP contribution in [-0.2, 0) is 0 Å². The Bertz CT molecular complexity index is 135. The number of hydrogen-bond acceptors (Lipinski definition) is 0. The molecule has 0 saturated carbocycles. The van der Waals surface area contributed by atoms with Gasteiger partial charge in [-0.05, 0) is 23.7 Å². The van der Waals surface area contributed by atoms with Crippen LogP contribution >= 0.6 is 0 Å². The smallest absolute Gasteiger partial charge is 0.0331 e. The van der Waals surface area contributed by atoms with E-state index in [1.807, 2.05) is 0 Å². The number of hydrogen-bond donors (Lipinski definition) is 0. The Morgan fingerprint density at radius 3 is 1.50 bits per heavy atom. The SMILES string of the molecule is CCC(C)(CC)CCCCC(C)(C)C. The molecule has 0 amide bonds. The Balaban J connectivity index is 3.63. The van der Waals surface area contributed by atoms with Gasteiger partial charge in [0.05, 0.1) is 0 Å². The lowest BCUT2D eigenvalue weighted by Gasteiger charge is -2.27. The van der Waals surface area contributed by atoms with E-state index in [4.69, 9.17) is 0 Å². The van der Waals surface area contributed by atoms with E-state index in [0.717, 1.165) is 0 Å². The molecule has 0 saturated heterocycles. The first kappa shape index (κ1) is 14.0. The third kappa shape index (κ3) is 6.45. The van der Waals surface area contributed by atoms with Crippen molar-refractivity contribution in [3.8, 4) is 0 Å². The third-order valence-electron chi connectivity index (χ3n) is 3.66. The summed E-state index contributed by atoms with van der Waals surface area (Å²) in [6.07, 6.45) is 8.26. The van der Waals surface area contributed by atoms with E-state index in [9.17, 15) is 0 Å². The van der Waals surface area contributed by atoms with E-state index >= 15 is 0 Å². The standard InChI is InChI=1S/C14H30/c1-7-14(6,8-2)12-10-9-11-13(3,4)5/h7-12H2,1-6H3. The summed E-state index contributed by atoms with van der Waals surface area (Å²) in [4.78, 5) is 0. The zero-order valence-corrected chi connectivity index (χ0v) is 11.2. The molecule has 0 unspecified atom stereocenters. The molecule has 0 atom stereocenters. The van der Waals surface area contributed by atoms with Gasteiger partial charge in [0.15, 0.2) is 0 Å². The highest BCUT2D eigenvalue weighted by Gasteiger charge is 2.19. The lowest BCUT2D eigenvalue weighted by atomic mass is 9.79. The lowest BCUT2D eigenvalue weighted by molar-refractivity contribution is 0.252. The second-order valence-corrected chi connectivity index (χ2v) is 6.29. The minimum absolute atomic E-state index is 0.523. The topological polar surface area (TPSA) is 0 Å². The molecule has 14 heavy (non-hydrogen) atoms. The first-order valence-electron chi connectivity index (χ1n) is 6.33. The number of rotatable bonds is 6. The first-order valence-corrected chi connectivity index (χ1v) is 6.33. The molecule has 0 heteroatoms.